The molecule has 1 aromatic rings. The van der Waals surface area contributed by atoms with E-state index in [9.17, 15) is 9.59 Å². The van der Waals surface area contributed by atoms with Gasteiger partial charge in [0.05, 0.1) is 0 Å². The Hall–Kier alpha value is -1.59. The van der Waals surface area contributed by atoms with E-state index in [2.05, 4.69) is 5.32 Å². The van der Waals surface area contributed by atoms with E-state index < -0.39 is 11.9 Å². The molecule has 0 saturated carbocycles. The van der Waals surface area contributed by atoms with Gasteiger partial charge in [0.1, 0.15) is 6.04 Å². The van der Waals surface area contributed by atoms with Crippen molar-refractivity contribution in [3.05, 3.63) is 34.3 Å². The summed E-state index contributed by atoms with van der Waals surface area (Å²) < 4.78 is 0. The summed E-state index contributed by atoms with van der Waals surface area (Å²) in [7, 11) is 0. The first-order chi connectivity index (χ1) is 9.02. The van der Waals surface area contributed by atoms with Gasteiger partial charge in [-0.05, 0) is 24.6 Å². The predicted molar refractivity (Wildman–Crippen MR) is 73.1 cm³/mol. The summed E-state index contributed by atoms with van der Waals surface area (Å²) >= 11 is 6.02. The lowest BCUT2D eigenvalue weighted by Crippen LogP contribution is -2.58. The molecule has 0 aliphatic carbocycles. The number of benzene rings is 1. The molecule has 1 saturated heterocycles. The molecule has 1 aliphatic rings. The van der Waals surface area contributed by atoms with E-state index in [4.69, 9.17) is 17.3 Å². The Balaban J connectivity index is 2.31. The number of primary amides is 1. The summed E-state index contributed by atoms with van der Waals surface area (Å²) in [5, 5.41) is 3.60. The van der Waals surface area contributed by atoms with Crippen molar-refractivity contribution in [2.75, 3.05) is 19.6 Å². The zero-order chi connectivity index (χ0) is 14.0. The minimum absolute atomic E-state index is 0.203. The minimum atomic E-state index is -0.611. The molecule has 5 nitrogen and oxygen atoms in total. The van der Waals surface area contributed by atoms with E-state index in [-0.39, 0.29) is 5.91 Å². The standard InChI is InChI=1S/C13H16ClN3O2/c1-8-9(3-2-4-10(8)14)13(19)17-6-5-16-7-11(17)12(15)18/h2-4,11,16H,5-7H2,1H3,(H2,15,18). The van der Waals surface area contributed by atoms with Gasteiger partial charge in [-0.1, -0.05) is 17.7 Å². The van der Waals surface area contributed by atoms with Crippen molar-refractivity contribution in [1.82, 2.24) is 10.2 Å². The van der Waals surface area contributed by atoms with E-state index in [1.165, 1.54) is 4.90 Å². The van der Waals surface area contributed by atoms with Crippen molar-refractivity contribution in [3.63, 3.8) is 0 Å². The van der Waals surface area contributed by atoms with Gasteiger partial charge in [-0.25, -0.2) is 0 Å². The molecule has 0 spiro atoms. The molecule has 2 amide bonds. The Kier molecular flexibility index (Phi) is 4.07. The summed E-state index contributed by atoms with van der Waals surface area (Å²) in [6.07, 6.45) is 0. The van der Waals surface area contributed by atoms with Crippen LogP contribution in [0.5, 0.6) is 0 Å². The van der Waals surface area contributed by atoms with Crippen molar-refractivity contribution in [2.24, 2.45) is 5.73 Å². The van der Waals surface area contributed by atoms with Crippen molar-refractivity contribution in [2.45, 2.75) is 13.0 Å². The average Bonchev–Trinajstić information content (AvgIpc) is 2.41. The molecule has 6 heteroatoms. The highest BCUT2D eigenvalue weighted by Crippen LogP contribution is 2.21. The topological polar surface area (TPSA) is 75.4 Å². The Labute approximate surface area is 116 Å². The van der Waals surface area contributed by atoms with Crippen LogP contribution in [-0.4, -0.2) is 42.4 Å². The van der Waals surface area contributed by atoms with Crippen molar-refractivity contribution < 1.29 is 9.59 Å². The molecule has 0 bridgehead atoms. The number of nitrogens with two attached hydrogens (primary N) is 1. The fraction of sp³-hybridized carbons (Fsp3) is 0.385. The van der Waals surface area contributed by atoms with E-state index in [0.29, 0.717) is 30.2 Å². The van der Waals surface area contributed by atoms with Crippen LogP contribution in [0.2, 0.25) is 5.02 Å². The molecule has 19 heavy (non-hydrogen) atoms. The molecular weight excluding hydrogens is 266 g/mol. The van der Waals surface area contributed by atoms with Gasteiger partial charge in [0.25, 0.3) is 5.91 Å². The second-order valence-corrected chi connectivity index (χ2v) is 4.94. The van der Waals surface area contributed by atoms with Gasteiger partial charge in [0.15, 0.2) is 0 Å². The lowest BCUT2D eigenvalue weighted by molar-refractivity contribution is -0.122. The lowest BCUT2D eigenvalue weighted by atomic mass is 10.1. The quantitative estimate of drug-likeness (QED) is 0.831. The fourth-order valence-corrected chi connectivity index (χ4v) is 2.37. The number of hydrogen-bond acceptors (Lipinski definition) is 3. The Morgan fingerprint density at radius 3 is 2.89 bits per heavy atom. The number of hydrogen-bond donors (Lipinski definition) is 2. The average molecular weight is 282 g/mol. The van der Waals surface area contributed by atoms with E-state index in [1.807, 2.05) is 0 Å². The second kappa shape index (κ2) is 5.59. The van der Waals surface area contributed by atoms with Crippen LogP contribution in [0.25, 0.3) is 0 Å². The highest BCUT2D eigenvalue weighted by atomic mass is 35.5. The van der Waals surface area contributed by atoms with Crippen LogP contribution >= 0.6 is 11.6 Å². The van der Waals surface area contributed by atoms with Crippen molar-refractivity contribution >= 4 is 23.4 Å². The van der Waals surface area contributed by atoms with Crippen LogP contribution in [0.4, 0.5) is 0 Å². The van der Waals surface area contributed by atoms with Crippen LogP contribution < -0.4 is 11.1 Å². The monoisotopic (exact) mass is 281 g/mol. The first-order valence-corrected chi connectivity index (χ1v) is 6.46. The number of carbonyl (C=O) groups is 2. The molecule has 1 aliphatic heterocycles. The van der Waals surface area contributed by atoms with E-state index in [1.54, 1.807) is 25.1 Å². The first-order valence-electron chi connectivity index (χ1n) is 6.08. The molecule has 1 heterocycles. The highest BCUT2D eigenvalue weighted by molar-refractivity contribution is 6.31. The van der Waals surface area contributed by atoms with Gasteiger partial charge < -0.3 is 16.0 Å². The molecule has 0 radical (unpaired) electrons. The largest absolute Gasteiger partial charge is 0.368 e. The minimum Gasteiger partial charge on any atom is -0.368 e. The normalized spacial score (nSPS) is 19.3. The van der Waals surface area contributed by atoms with Gasteiger partial charge in [-0.2, -0.15) is 0 Å². The van der Waals surface area contributed by atoms with E-state index in [0.717, 1.165) is 5.56 Å². The number of nitrogens with zero attached hydrogens (tertiary/aromatic N) is 1. The second-order valence-electron chi connectivity index (χ2n) is 4.53. The summed E-state index contributed by atoms with van der Waals surface area (Å²) in [6.45, 7) is 3.28. The van der Waals surface area contributed by atoms with E-state index >= 15 is 0 Å². The maximum absolute atomic E-state index is 12.5. The molecule has 1 aromatic carbocycles. The molecule has 0 aromatic heterocycles. The molecule has 1 fully saturated rings. The van der Waals surface area contributed by atoms with Gasteiger partial charge in [0, 0.05) is 30.2 Å². The van der Waals surface area contributed by atoms with Gasteiger partial charge in [-0.3, -0.25) is 9.59 Å². The SMILES string of the molecule is Cc1c(Cl)cccc1C(=O)N1CCNCC1C(N)=O. The summed E-state index contributed by atoms with van der Waals surface area (Å²) in [4.78, 5) is 25.4. The maximum atomic E-state index is 12.5. The number of nitrogens with one attached hydrogen (secondary N) is 1. The Morgan fingerprint density at radius 1 is 1.47 bits per heavy atom. The van der Waals surface area contributed by atoms with Crippen LogP contribution in [-0.2, 0) is 4.79 Å². The molecule has 2 rings (SSSR count). The highest BCUT2D eigenvalue weighted by Gasteiger charge is 2.31. The van der Waals surface area contributed by atoms with Crippen LogP contribution in [0.3, 0.4) is 0 Å². The summed E-state index contributed by atoms with van der Waals surface area (Å²) in [5.41, 5.74) is 6.58. The fourth-order valence-electron chi connectivity index (χ4n) is 2.20. The third-order valence-electron chi connectivity index (χ3n) is 3.33. The zero-order valence-electron chi connectivity index (χ0n) is 10.6. The Bertz CT molecular complexity index is 519. The summed E-state index contributed by atoms with van der Waals surface area (Å²) in [5.74, 6) is -0.703. The molecule has 102 valence electrons. The molecule has 1 atom stereocenters. The van der Waals surface area contributed by atoms with Gasteiger partial charge >= 0.3 is 0 Å². The van der Waals surface area contributed by atoms with Crippen LogP contribution in [0.15, 0.2) is 18.2 Å². The molecule has 3 N–H and O–H groups in total. The third-order valence-corrected chi connectivity index (χ3v) is 3.74. The number of amides is 2. The smallest absolute Gasteiger partial charge is 0.254 e. The lowest BCUT2D eigenvalue weighted by Gasteiger charge is -2.34. The maximum Gasteiger partial charge on any atom is 0.254 e. The zero-order valence-corrected chi connectivity index (χ0v) is 11.4. The van der Waals surface area contributed by atoms with Crippen LogP contribution in [0, 0.1) is 6.92 Å². The van der Waals surface area contributed by atoms with Crippen molar-refractivity contribution in [3.8, 4) is 0 Å². The number of halogens is 1. The number of carbonyl (C=O) groups excluding carboxylic acids is 2. The van der Waals surface area contributed by atoms with Crippen molar-refractivity contribution in [1.29, 1.82) is 0 Å². The molecule has 1 unspecified atom stereocenters. The Morgan fingerprint density at radius 2 is 2.21 bits per heavy atom. The summed E-state index contributed by atoms with van der Waals surface area (Å²) in [6, 6.07) is 4.56. The molecular formula is C13H16ClN3O2. The van der Waals surface area contributed by atoms with Crippen LogP contribution in [0.1, 0.15) is 15.9 Å². The predicted octanol–water partition coefficient (Wildman–Crippen LogP) is 0.548. The first kappa shape index (κ1) is 13.8. The number of rotatable bonds is 2. The van der Waals surface area contributed by atoms with Gasteiger partial charge in [-0.15, -0.1) is 0 Å². The number of piperazine rings is 1. The third kappa shape index (κ3) is 2.72. The van der Waals surface area contributed by atoms with Gasteiger partial charge in [0.2, 0.25) is 5.91 Å².